The maximum atomic E-state index is 12.7. The Hall–Kier alpha value is -2.45. The molecular weight excluding hydrogens is 340 g/mol. The third-order valence-electron chi connectivity index (χ3n) is 4.04. The molecule has 7 nitrogen and oxygen atoms in total. The van der Waals surface area contributed by atoms with Crippen molar-refractivity contribution in [3.63, 3.8) is 0 Å². The van der Waals surface area contributed by atoms with Crippen LogP contribution in [0.25, 0.3) is 0 Å². The van der Waals surface area contributed by atoms with Crippen molar-refractivity contribution in [3.05, 3.63) is 64.5 Å². The molecule has 3 rings (SSSR count). The summed E-state index contributed by atoms with van der Waals surface area (Å²) < 4.78 is 0. The highest BCUT2D eigenvalue weighted by molar-refractivity contribution is 8.00. The fraction of sp³-hybridized carbons (Fsp3) is 0.294. The predicted octanol–water partition coefficient (Wildman–Crippen LogP) is 2.25. The van der Waals surface area contributed by atoms with Crippen molar-refractivity contribution in [1.29, 1.82) is 0 Å². The van der Waals surface area contributed by atoms with Gasteiger partial charge >= 0.3 is 0 Å². The second-order valence-electron chi connectivity index (χ2n) is 5.63. The molecule has 0 saturated carbocycles. The fourth-order valence-electron chi connectivity index (χ4n) is 2.77. The van der Waals surface area contributed by atoms with E-state index in [0.29, 0.717) is 18.8 Å². The number of amides is 1. The lowest BCUT2D eigenvalue weighted by Gasteiger charge is -2.36. The number of aromatic nitrogens is 1. The number of piperazine rings is 1. The molecule has 1 atom stereocenters. The van der Waals surface area contributed by atoms with E-state index in [1.165, 1.54) is 23.9 Å². The van der Waals surface area contributed by atoms with E-state index in [9.17, 15) is 14.9 Å². The van der Waals surface area contributed by atoms with E-state index >= 15 is 0 Å². The molecule has 0 radical (unpaired) electrons. The van der Waals surface area contributed by atoms with E-state index in [4.69, 9.17) is 0 Å². The highest BCUT2D eigenvalue weighted by Crippen LogP contribution is 2.25. The fourth-order valence-corrected chi connectivity index (χ4v) is 3.55. The maximum absolute atomic E-state index is 12.7. The Kier molecular flexibility index (Phi) is 5.62. The zero-order valence-electron chi connectivity index (χ0n) is 13.5. The molecule has 2 heterocycles. The lowest BCUT2D eigenvalue weighted by Crippen LogP contribution is -2.49. The largest absolute Gasteiger partial charge is 0.332 e. The smallest absolute Gasteiger partial charge is 0.269 e. The summed E-state index contributed by atoms with van der Waals surface area (Å²) in [5, 5.41) is 14.0. The molecule has 1 fully saturated rings. The van der Waals surface area contributed by atoms with Crippen LogP contribution in [0.2, 0.25) is 0 Å². The lowest BCUT2D eigenvalue weighted by molar-refractivity contribution is -0.384. The van der Waals surface area contributed by atoms with E-state index in [1.807, 2.05) is 17.0 Å². The van der Waals surface area contributed by atoms with Crippen LogP contribution in [0.4, 0.5) is 5.69 Å². The van der Waals surface area contributed by atoms with Crippen molar-refractivity contribution in [2.24, 2.45) is 0 Å². The Morgan fingerprint density at radius 2 is 2.16 bits per heavy atom. The molecule has 1 unspecified atom stereocenters. The number of carbonyl (C=O) groups is 1. The van der Waals surface area contributed by atoms with Gasteiger partial charge in [0, 0.05) is 49.1 Å². The summed E-state index contributed by atoms with van der Waals surface area (Å²) in [4.78, 5) is 29.8. The van der Waals surface area contributed by atoms with Crippen LogP contribution in [-0.2, 0) is 4.79 Å². The van der Waals surface area contributed by atoms with Crippen LogP contribution in [0.3, 0.4) is 0 Å². The number of nitrogens with one attached hydrogen (secondary N) is 1. The van der Waals surface area contributed by atoms with Crippen molar-refractivity contribution in [2.45, 2.75) is 10.9 Å². The molecule has 1 N–H and O–H groups in total. The molecule has 1 saturated heterocycles. The van der Waals surface area contributed by atoms with Gasteiger partial charge in [-0.15, -0.1) is 11.8 Å². The first-order chi connectivity index (χ1) is 12.1. The highest BCUT2D eigenvalue weighted by atomic mass is 32.2. The molecule has 1 aliphatic heterocycles. The van der Waals surface area contributed by atoms with E-state index in [0.717, 1.165) is 17.0 Å². The second-order valence-corrected chi connectivity index (χ2v) is 6.68. The van der Waals surface area contributed by atoms with Gasteiger partial charge in [-0.05, 0) is 23.8 Å². The van der Waals surface area contributed by atoms with Gasteiger partial charge in [0.15, 0.2) is 0 Å². The zero-order chi connectivity index (χ0) is 17.6. The quantitative estimate of drug-likeness (QED) is 0.501. The van der Waals surface area contributed by atoms with Gasteiger partial charge in [-0.25, -0.2) is 0 Å². The molecule has 0 spiro atoms. The molecule has 2 aromatic rings. The van der Waals surface area contributed by atoms with Gasteiger partial charge in [-0.2, -0.15) is 0 Å². The van der Waals surface area contributed by atoms with E-state index in [1.54, 1.807) is 24.5 Å². The first-order valence-electron chi connectivity index (χ1n) is 7.92. The summed E-state index contributed by atoms with van der Waals surface area (Å²) in [7, 11) is 0. The van der Waals surface area contributed by atoms with Crippen LogP contribution >= 0.6 is 11.8 Å². The number of nitro benzene ring substituents is 1. The van der Waals surface area contributed by atoms with Crippen LogP contribution in [0.1, 0.15) is 11.6 Å². The number of nitrogens with zero attached hydrogens (tertiary/aromatic N) is 3. The average Bonchev–Trinajstić information content (AvgIpc) is 2.67. The Morgan fingerprint density at radius 1 is 1.36 bits per heavy atom. The number of pyridine rings is 1. The minimum Gasteiger partial charge on any atom is -0.332 e. The third-order valence-corrected chi connectivity index (χ3v) is 5.04. The maximum Gasteiger partial charge on any atom is 0.269 e. The zero-order valence-corrected chi connectivity index (χ0v) is 14.3. The number of rotatable bonds is 5. The minimum atomic E-state index is -0.432. The van der Waals surface area contributed by atoms with E-state index in [2.05, 4.69) is 10.3 Å². The van der Waals surface area contributed by atoms with Gasteiger partial charge in [0.1, 0.15) is 0 Å². The topological polar surface area (TPSA) is 88.4 Å². The highest BCUT2D eigenvalue weighted by Gasteiger charge is 2.27. The van der Waals surface area contributed by atoms with Crippen molar-refractivity contribution in [3.8, 4) is 0 Å². The Labute approximate surface area is 149 Å². The number of non-ortho nitro benzene ring substituents is 1. The summed E-state index contributed by atoms with van der Waals surface area (Å²) >= 11 is 1.39. The molecular formula is C17H18N4O3S. The number of hydrogen-bond donors (Lipinski definition) is 1. The Morgan fingerprint density at radius 3 is 2.84 bits per heavy atom. The summed E-state index contributed by atoms with van der Waals surface area (Å²) in [6.07, 6.45) is 3.51. The molecule has 8 heteroatoms. The van der Waals surface area contributed by atoms with Gasteiger partial charge in [0.2, 0.25) is 5.91 Å². The van der Waals surface area contributed by atoms with Gasteiger partial charge in [-0.1, -0.05) is 6.07 Å². The van der Waals surface area contributed by atoms with Gasteiger partial charge in [-0.3, -0.25) is 19.9 Å². The van der Waals surface area contributed by atoms with Gasteiger partial charge in [0.25, 0.3) is 5.69 Å². The van der Waals surface area contributed by atoms with Gasteiger partial charge < -0.3 is 10.2 Å². The number of carbonyl (C=O) groups excluding carboxylic acids is 1. The first kappa shape index (κ1) is 17.4. The standard InChI is InChI=1S/C17H18N4O3S/c22-17(12-25-15-5-3-14(4-6-15)21(23)24)20-9-8-19-11-16(20)13-2-1-7-18-10-13/h1-7,10,16,19H,8-9,11-12H2. The molecule has 1 amide bonds. The molecule has 1 aliphatic rings. The first-order valence-corrected chi connectivity index (χ1v) is 8.91. The Balaban J connectivity index is 1.63. The number of thioether (sulfide) groups is 1. The second kappa shape index (κ2) is 8.09. The number of hydrogen-bond acceptors (Lipinski definition) is 6. The summed E-state index contributed by atoms with van der Waals surface area (Å²) in [5.74, 6) is 0.355. The molecule has 0 bridgehead atoms. The molecule has 25 heavy (non-hydrogen) atoms. The van der Waals surface area contributed by atoms with Crippen LogP contribution in [0.15, 0.2) is 53.7 Å². The van der Waals surface area contributed by atoms with Crippen molar-refractivity contribution in [2.75, 3.05) is 25.4 Å². The monoisotopic (exact) mass is 358 g/mol. The van der Waals surface area contributed by atoms with Crippen molar-refractivity contribution < 1.29 is 9.72 Å². The molecule has 1 aromatic carbocycles. The molecule has 130 valence electrons. The summed E-state index contributed by atoms with van der Waals surface area (Å²) in [6, 6.07) is 10.1. The van der Waals surface area contributed by atoms with Crippen LogP contribution in [0, 0.1) is 10.1 Å². The van der Waals surface area contributed by atoms with E-state index in [-0.39, 0.29) is 17.6 Å². The Bertz CT molecular complexity index is 739. The summed E-state index contributed by atoms with van der Waals surface area (Å²) in [5.41, 5.74) is 1.07. The van der Waals surface area contributed by atoms with Gasteiger partial charge in [0.05, 0.1) is 16.7 Å². The van der Waals surface area contributed by atoms with Crippen LogP contribution in [-0.4, -0.2) is 46.1 Å². The van der Waals surface area contributed by atoms with E-state index < -0.39 is 4.92 Å². The third kappa shape index (κ3) is 4.34. The number of nitro groups is 1. The lowest BCUT2D eigenvalue weighted by atomic mass is 10.1. The van der Waals surface area contributed by atoms with Crippen LogP contribution in [0.5, 0.6) is 0 Å². The SMILES string of the molecule is O=C(CSc1ccc([N+](=O)[O-])cc1)N1CCNCC1c1cccnc1. The normalized spacial score (nSPS) is 17.3. The average molecular weight is 358 g/mol. The van der Waals surface area contributed by atoms with Crippen molar-refractivity contribution in [1.82, 2.24) is 15.2 Å². The number of benzene rings is 1. The summed E-state index contributed by atoms with van der Waals surface area (Å²) in [6.45, 7) is 2.13. The van der Waals surface area contributed by atoms with Crippen molar-refractivity contribution >= 4 is 23.4 Å². The molecule has 1 aromatic heterocycles. The molecule has 0 aliphatic carbocycles. The van der Waals surface area contributed by atoms with Crippen LogP contribution < -0.4 is 5.32 Å². The predicted molar refractivity (Wildman–Crippen MR) is 95.4 cm³/mol. The minimum absolute atomic E-state index is 0.0209.